The molecule has 0 aromatic rings. The molecule has 74 valence electrons. The van der Waals surface area contributed by atoms with Crippen molar-refractivity contribution in [2.75, 3.05) is 0 Å². The Morgan fingerprint density at radius 1 is 1.00 bits per heavy atom. The van der Waals surface area contributed by atoms with Crippen LogP contribution in [0, 0.1) is 5.92 Å². The van der Waals surface area contributed by atoms with Crippen molar-refractivity contribution in [1.82, 2.24) is 0 Å². The van der Waals surface area contributed by atoms with Gasteiger partial charge in [0.05, 0.1) is 6.10 Å². The minimum absolute atomic E-state index is 0.106. The van der Waals surface area contributed by atoms with E-state index in [1.54, 1.807) is 6.92 Å². The SMILES string of the molecule is CC(C)C(C)OC(C)C(F)(F)F. The number of halogens is 3. The fraction of sp³-hybridized carbons (Fsp3) is 1.00. The number of hydrogen-bond acceptors (Lipinski definition) is 1. The van der Waals surface area contributed by atoms with Gasteiger partial charge in [0.1, 0.15) is 0 Å². The van der Waals surface area contributed by atoms with Gasteiger partial charge in [-0.25, -0.2) is 0 Å². The number of rotatable bonds is 3. The lowest BCUT2D eigenvalue weighted by Crippen LogP contribution is -2.33. The minimum atomic E-state index is -4.25. The molecule has 1 nitrogen and oxygen atoms in total. The second-order valence-electron chi connectivity index (χ2n) is 3.27. The van der Waals surface area contributed by atoms with Crippen molar-refractivity contribution in [3.8, 4) is 0 Å². The Balaban J connectivity index is 3.93. The predicted octanol–water partition coefficient (Wildman–Crippen LogP) is 3.00. The first kappa shape index (κ1) is 11.8. The van der Waals surface area contributed by atoms with Crippen molar-refractivity contribution in [3.63, 3.8) is 0 Å². The van der Waals surface area contributed by atoms with Crippen molar-refractivity contribution >= 4 is 0 Å². The zero-order valence-corrected chi connectivity index (χ0v) is 7.77. The molecule has 0 saturated heterocycles. The average molecular weight is 184 g/mol. The second-order valence-corrected chi connectivity index (χ2v) is 3.27. The Hall–Kier alpha value is -0.250. The molecule has 0 aliphatic carbocycles. The summed E-state index contributed by atoms with van der Waals surface area (Å²) in [5.41, 5.74) is 0. The van der Waals surface area contributed by atoms with Crippen LogP contribution in [-0.2, 0) is 4.74 Å². The summed E-state index contributed by atoms with van der Waals surface area (Å²) in [4.78, 5) is 0. The largest absolute Gasteiger partial charge is 0.414 e. The predicted molar refractivity (Wildman–Crippen MR) is 40.9 cm³/mol. The fourth-order valence-electron chi connectivity index (χ4n) is 0.556. The standard InChI is InChI=1S/C8H15F3O/c1-5(2)6(3)12-7(4)8(9,10)11/h5-7H,1-4H3. The zero-order chi connectivity index (χ0) is 9.94. The van der Waals surface area contributed by atoms with E-state index in [2.05, 4.69) is 0 Å². The lowest BCUT2D eigenvalue weighted by molar-refractivity contribution is -0.228. The van der Waals surface area contributed by atoms with Crippen molar-refractivity contribution < 1.29 is 17.9 Å². The summed E-state index contributed by atoms with van der Waals surface area (Å²) in [6.07, 6.45) is -6.28. The van der Waals surface area contributed by atoms with Gasteiger partial charge in [0, 0.05) is 0 Å². The molecule has 2 atom stereocenters. The second kappa shape index (κ2) is 4.12. The van der Waals surface area contributed by atoms with Crippen LogP contribution in [0.3, 0.4) is 0 Å². The zero-order valence-electron chi connectivity index (χ0n) is 7.77. The Kier molecular flexibility index (Phi) is 4.03. The van der Waals surface area contributed by atoms with Gasteiger partial charge in [-0.1, -0.05) is 13.8 Å². The van der Waals surface area contributed by atoms with Gasteiger partial charge in [0.15, 0.2) is 6.10 Å². The Morgan fingerprint density at radius 3 is 1.67 bits per heavy atom. The lowest BCUT2D eigenvalue weighted by atomic mass is 10.1. The van der Waals surface area contributed by atoms with Gasteiger partial charge in [-0.05, 0) is 19.8 Å². The van der Waals surface area contributed by atoms with E-state index in [1.807, 2.05) is 13.8 Å². The molecular weight excluding hydrogens is 169 g/mol. The molecule has 0 aromatic heterocycles. The molecule has 4 heteroatoms. The topological polar surface area (TPSA) is 9.23 Å². The van der Waals surface area contributed by atoms with Crippen molar-refractivity contribution in [1.29, 1.82) is 0 Å². The molecule has 2 unspecified atom stereocenters. The summed E-state index contributed by atoms with van der Waals surface area (Å²) in [5.74, 6) is 0.106. The minimum Gasteiger partial charge on any atom is -0.366 e. The molecule has 0 amide bonds. The highest BCUT2D eigenvalue weighted by molar-refractivity contribution is 4.65. The monoisotopic (exact) mass is 184 g/mol. The maximum Gasteiger partial charge on any atom is 0.414 e. The Labute approximate surface area is 70.9 Å². The van der Waals surface area contributed by atoms with Gasteiger partial charge in [-0.3, -0.25) is 0 Å². The summed E-state index contributed by atoms with van der Waals surface area (Å²) in [5, 5.41) is 0. The van der Waals surface area contributed by atoms with Crippen LogP contribution < -0.4 is 0 Å². The summed E-state index contributed by atoms with van der Waals surface area (Å²) in [6, 6.07) is 0. The fourth-order valence-corrected chi connectivity index (χ4v) is 0.556. The van der Waals surface area contributed by atoms with E-state index in [9.17, 15) is 13.2 Å². The van der Waals surface area contributed by atoms with Gasteiger partial charge in [0.25, 0.3) is 0 Å². The Bertz CT molecular complexity index is 131. The van der Waals surface area contributed by atoms with Crippen LogP contribution in [0.5, 0.6) is 0 Å². The maximum atomic E-state index is 11.9. The van der Waals surface area contributed by atoms with Crippen molar-refractivity contribution in [2.24, 2.45) is 5.92 Å². The third-order valence-electron chi connectivity index (χ3n) is 1.82. The summed E-state index contributed by atoms with van der Waals surface area (Å²) < 4.78 is 40.6. The third-order valence-corrected chi connectivity index (χ3v) is 1.82. The smallest absolute Gasteiger partial charge is 0.366 e. The molecule has 0 fully saturated rings. The van der Waals surface area contributed by atoms with Crippen LogP contribution in [0.1, 0.15) is 27.7 Å². The molecule has 0 N–H and O–H groups in total. The highest BCUT2D eigenvalue weighted by atomic mass is 19.4. The number of ether oxygens (including phenoxy) is 1. The summed E-state index contributed by atoms with van der Waals surface area (Å²) >= 11 is 0. The number of hydrogen-bond donors (Lipinski definition) is 0. The molecule has 0 bridgehead atoms. The van der Waals surface area contributed by atoms with Gasteiger partial charge in [0.2, 0.25) is 0 Å². The molecule has 0 heterocycles. The van der Waals surface area contributed by atoms with E-state index in [4.69, 9.17) is 4.74 Å². The van der Waals surface area contributed by atoms with E-state index < -0.39 is 12.3 Å². The van der Waals surface area contributed by atoms with Crippen LogP contribution in [0.15, 0.2) is 0 Å². The first-order chi connectivity index (χ1) is 5.25. The molecule has 0 aliphatic heterocycles. The van der Waals surface area contributed by atoms with Crippen LogP contribution in [0.25, 0.3) is 0 Å². The van der Waals surface area contributed by atoms with Gasteiger partial charge >= 0.3 is 6.18 Å². The first-order valence-electron chi connectivity index (χ1n) is 3.97. The highest BCUT2D eigenvalue weighted by Crippen LogP contribution is 2.24. The van der Waals surface area contributed by atoms with Gasteiger partial charge in [-0.15, -0.1) is 0 Å². The summed E-state index contributed by atoms with van der Waals surface area (Å²) in [7, 11) is 0. The Morgan fingerprint density at radius 2 is 1.42 bits per heavy atom. The normalized spacial score (nSPS) is 18.0. The van der Waals surface area contributed by atoms with Crippen molar-refractivity contribution in [2.45, 2.75) is 46.1 Å². The van der Waals surface area contributed by atoms with E-state index in [1.165, 1.54) is 0 Å². The van der Waals surface area contributed by atoms with Crippen LogP contribution >= 0.6 is 0 Å². The molecule has 0 spiro atoms. The van der Waals surface area contributed by atoms with Crippen LogP contribution in [-0.4, -0.2) is 18.4 Å². The van der Waals surface area contributed by atoms with E-state index >= 15 is 0 Å². The molecular formula is C8H15F3O. The van der Waals surface area contributed by atoms with Crippen LogP contribution in [0.4, 0.5) is 13.2 Å². The molecule has 0 saturated carbocycles. The molecule has 0 rings (SSSR count). The third kappa shape index (κ3) is 3.95. The van der Waals surface area contributed by atoms with E-state index in [-0.39, 0.29) is 12.0 Å². The molecule has 0 aromatic carbocycles. The molecule has 12 heavy (non-hydrogen) atoms. The summed E-state index contributed by atoms with van der Waals surface area (Å²) in [6.45, 7) is 6.33. The van der Waals surface area contributed by atoms with Gasteiger partial charge in [-0.2, -0.15) is 13.2 Å². The van der Waals surface area contributed by atoms with E-state index in [0.29, 0.717) is 0 Å². The van der Waals surface area contributed by atoms with Gasteiger partial charge < -0.3 is 4.74 Å². The first-order valence-corrected chi connectivity index (χ1v) is 3.97. The molecule has 0 aliphatic rings. The lowest BCUT2D eigenvalue weighted by Gasteiger charge is -2.23. The number of alkyl halides is 3. The molecule has 0 radical (unpaired) electrons. The quantitative estimate of drug-likeness (QED) is 0.655. The average Bonchev–Trinajstić information content (AvgIpc) is 1.85. The van der Waals surface area contributed by atoms with Crippen molar-refractivity contribution in [3.05, 3.63) is 0 Å². The van der Waals surface area contributed by atoms with Crippen LogP contribution in [0.2, 0.25) is 0 Å². The maximum absolute atomic E-state index is 11.9. The van der Waals surface area contributed by atoms with E-state index in [0.717, 1.165) is 6.92 Å². The highest BCUT2D eigenvalue weighted by Gasteiger charge is 2.38.